The lowest BCUT2D eigenvalue weighted by Gasteiger charge is -2.21. The van der Waals surface area contributed by atoms with Crippen LogP contribution < -0.4 is 5.32 Å². The molecule has 1 unspecified atom stereocenters. The number of hydrogen-bond acceptors (Lipinski definition) is 2. The Morgan fingerprint density at radius 3 is 2.62 bits per heavy atom. The average Bonchev–Trinajstić information content (AvgIpc) is 2.45. The van der Waals surface area contributed by atoms with Crippen LogP contribution in [0, 0.1) is 0 Å². The summed E-state index contributed by atoms with van der Waals surface area (Å²) < 4.78 is 0. The molecule has 0 fully saturated rings. The highest BCUT2D eigenvalue weighted by molar-refractivity contribution is 5.73. The number of nitrogens with one attached hydrogen (secondary N) is 1. The van der Waals surface area contributed by atoms with Gasteiger partial charge in [-0.05, 0) is 25.0 Å². The molecule has 0 aromatic heterocycles. The van der Waals surface area contributed by atoms with Gasteiger partial charge in [0.1, 0.15) is 0 Å². The van der Waals surface area contributed by atoms with Gasteiger partial charge in [0.15, 0.2) is 0 Å². The summed E-state index contributed by atoms with van der Waals surface area (Å²) in [5.74, 6) is 0.0948. The van der Waals surface area contributed by atoms with Crippen molar-refractivity contribution in [2.45, 2.75) is 65.5 Å². The SMILES string of the molecule is CCCCCCC(C)Nc1ccccc1CN(C)C(C)=O. The summed E-state index contributed by atoms with van der Waals surface area (Å²) in [6.07, 6.45) is 6.39. The molecular weight excluding hydrogens is 260 g/mol. The number of nitrogens with zero attached hydrogens (tertiary/aromatic N) is 1. The molecule has 0 aliphatic carbocycles. The number of carbonyl (C=O) groups is 1. The Hall–Kier alpha value is -1.51. The highest BCUT2D eigenvalue weighted by Crippen LogP contribution is 2.19. The van der Waals surface area contributed by atoms with Crippen LogP contribution in [0.25, 0.3) is 0 Å². The molecule has 1 rings (SSSR count). The molecular formula is C18H30N2O. The molecule has 0 spiro atoms. The van der Waals surface area contributed by atoms with Crippen molar-refractivity contribution in [3.05, 3.63) is 29.8 Å². The summed E-state index contributed by atoms with van der Waals surface area (Å²) >= 11 is 0. The predicted octanol–water partition coefficient (Wildman–Crippen LogP) is 4.44. The fourth-order valence-electron chi connectivity index (χ4n) is 2.38. The van der Waals surface area contributed by atoms with E-state index in [1.54, 1.807) is 11.8 Å². The van der Waals surface area contributed by atoms with E-state index in [4.69, 9.17) is 0 Å². The van der Waals surface area contributed by atoms with E-state index in [-0.39, 0.29) is 5.91 Å². The molecule has 1 atom stereocenters. The van der Waals surface area contributed by atoms with Gasteiger partial charge in [-0.15, -0.1) is 0 Å². The van der Waals surface area contributed by atoms with E-state index >= 15 is 0 Å². The lowest BCUT2D eigenvalue weighted by Crippen LogP contribution is -2.24. The van der Waals surface area contributed by atoms with Crippen LogP contribution in [-0.4, -0.2) is 23.9 Å². The molecule has 0 bridgehead atoms. The standard InChI is InChI=1S/C18H30N2O/c1-5-6-7-8-11-15(2)19-18-13-10-9-12-17(18)14-20(4)16(3)21/h9-10,12-13,15,19H,5-8,11,14H2,1-4H3. The lowest BCUT2D eigenvalue weighted by atomic mass is 10.1. The molecule has 0 aliphatic heterocycles. The molecule has 0 saturated heterocycles. The fraction of sp³-hybridized carbons (Fsp3) is 0.611. The first kappa shape index (κ1) is 17.5. The Kier molecular flexibility index (Phi) is 7.88. The van der Waals surface area contributed by atoms with Gasteiger partial charge in [-0.25, -0.2) is 0 Å². The van der Waals surface area contributed by atoms with Gasteiger partial charge in [-0.3, -0.25) is 4.79 Å². The third-order valence-electron chi connectivity index (χ3n) is 3.86. The van der Waals surface area contributed by atoms with E-state index in [0.717, 1.165) is 5.69 Å². The topological polar surface area (TPSA) is 32.3 Å². The second-order valence-electron chi connectivity index (χ2n) is 5.93. The van der Waals surface area contributed by atoms with Gasteiger partial charge in [0, 0.05) is 32.2 Å². The van der Waals surface area contributed by atoms with Gasteiger partial charge in [0.25, 0.3) is 0 Å². The van der Waals surface area contributed by atoms with Gasteiger partial charge in [0.2, 0.25) is 5.91 Å². The number of benzene rings is 1. The Morgan fingerprint density at radius 2 is 1.95 bits per heavy atom. The average molecular weight is 290 g/mol. The first-order valence-electron chi connectivity index (χ1n) is 8.10. The highest BCUT2D eigenvalue weighted by atomic mass is 16.2. The van der Waals surface area contributed by atoms with Gasteiger partial charge in [-0.2, -0.15) is 0 Å². The van der Waals surface area contributed by atoms with E-state index < -0.39 is 0 Å². The van der Waals surface area contributed by atoms with Crippen LogP contribution in [0.2, 0.25) is 0 Å². The summed E-state index contributed by atoms with van der Waals surface area (Å²) in [4.78, 5) is 13.1. The summed E-state index contributed by atoms with van der Waals surface area (Å²) in [5.41, 5.74) is 2.32. The zero-order valence-corrected chi connectivity index (χ0v) is 14.0. The van der Waals surface area contributed by atoms with Crippen LogP contribution in [0.15, 0.2) is 24.3 Å². The number of hydrogen-bond donors (Lipinski definition) is 1. The van der Waals surface area contributed by atoms with E-state index in [1.165, 1.54) is 37.7 Å². The first-order chi connectivity index (χ1) is 10.0. The molecule has 21 heavy (non-hydrogen) atoms. The van der Waals surface area contributed by atoms with Crippen molar-refractivity contribution < 1.29 is 4.79 Å². The Labute approximate surface area is 129 Å². The summed E-state index contributed by atoms with van der Waals surface area (Å²) in [6, 6.07) is 8.73. The van der Waals surface area contributed by atoms with E-state index in [0.29, 0.717) is 12.6 Å². The van der Waals surface area contributed by atoms with Crippen molar-refractivity contribution in [2.75, 3.05) is 12.4 Å². The molecule has 1 aromatic carbocycles. The Bertz CT molecular complexity index is 431. The smallest absolute Gasteiger partial charge is 0.219 e. The summed E-state index contributed by atoms with van der Waals surface area (Å²) in [7, 11) is 1.84. The fourth-order valence-corrected chi connectivity index (χ4v) is 2.38. The molecule has 3 nitrogen and oxygen atoms in total. The number of para-hydroxylation sites is 1. The Morgan fingerprint density at radius 1 is 1.24 bits per heavy atom. The van der Waals surface area contributed by atoms with Crippen molar-refractivity contribution in [2.24, 2.45) is 0 Å². The molecule has 1 amide bonds. The normalized spacial score (nSPS) is 12.0. The van der Waals surface area contributed by atoms with E-state index in [9.17, 15) is 4.79 Å². The van der Waals surface area contributed by atoms with Crippen LogP contribution in [0.1, 0.15) is 58.4 Å². The van der Waals surface area contributed by atoms with Gasteiger partial charge < -0.3 is 10.2 Å². The molecule has 1 aromatic rings. The summed E-state index contributed by atoms with van der Waals surface area (Å²) in [6.45, 7) is 6.73. The highest BCUT2D eigenvalue weighted by Gasteiger charge is 2.09. The first-order valence-corrected chi connectivity index (χ1v) is 8.10. The van der Waals surface area contributed by atoms with Crippen LogP contribution in [0.3, 0.4) is 0 Å². The number of rotatable bonds is 9. The van der Waals surface area contributed by atoms with Gasteiger partial charge in [0.05, 0.1) is 0 Å². The molecule has 118 valence electrons. The maximum absolute atomic E-state index is 11.4. The van der Waals surface area contributed by atoms with E-state index in [2.05, 4.69) is 31.3 Å². The molecule has 1 N–H and O–H groups in total. The minimum Gasteiger partial charge on any atom is -0.382 e. The largest absolute Gasteiger partial charge is 0.382 e. The quantitative estimate of drug-likeness (QED) is 0.682. The van der Waals surface area contributed by atoms with Gasteiger partial charge >= 0.3 is 0 Å². The third kappa shape index (κ3) is 6.65. The zero-order valence-electron chi connectivity index (χ0n) is 14.0. The van der Waals surface area contributed by atoms with Crippen molar-refractivity contribution in [1.29, 1.82) is 0 Å². The van der Waals surface area contributed by atoms with Crippen molar-refractivity contribution in [1.82, 2.24) is 4.90 Å². The number of unbranched alkanes of at least 4 members (excludes halogenated alkanes) is 3. The maximum atomic E-state index is 11.4. The summed E-state index contributed by atoms with van der Waals surface area (Å²) in [5, 5.41) is 3.59. The second-order valence-corrected chi connectivity index (χ2v) is 5.93. The third-order valence-corrected chi connectivity index (χ3v) is 3.86. The van der Waals surface area contributed by atoms with Crippen molar-refractivity contribution in [3.63, 3.8) is 0 Å². The zero-order chi connectivity index (χ0) is 15.7. The molecule has 0 aliphatic rings. The molecule has 0 heterocycles. The monoisotopic (exact) mass is 290 g/mol. The van der Waals surface area contributed by atoms with Crippen molar-refractivity contribution in [3.8, 4) is 0 Å². The minimum absolute atomic E-state index is 0.0948. The maximum Gasteiger partial charge on any atom is 0.219 e. The molecule has 0 radical (unpaired) electrons. The number of carbonyl (C=O) groups excluding carboxylic acids is 1. The minimum atomic E-state index is 0.0948. The second kappa shape index (κ2) is 9.43. The van der Waals surface area contributed by atoms with E-state index in [1.807, 2.05) is 19.2 Å². The van der Waals surface area contributed by atoms with Gasteiger partial charge in [-0.1, -0.05) is 50.8 Å². The van der Waals surface area contributed by atoms with Crippen LogP contribution in [0.4, 0.5) is 5.69 Å². The van der Waals surface area contributed by atoms with Crippen LogP contribution in [0.5, 0.6) is 0 Å². The molecule has 0 saturated carbocycles. The predicted molar refractivity (Wildman–Crippen MR) is 90.4 cm³/mol. The number of amides is 1. The lowest BCUT2D eigenvalue weighted by molar-refractivity contribution is -0.128. The number of anilines is 1. The molecule has 3 heteroatoms. The van der Waals surface area contributed by atoms with Crippen LogP contribution >= 0.6 is 0 Å². The Balaban J connectivity index is 2.55. The van der Waals surface area contributed by atoms with Crippen LogP contribution in [-0.2, 0) is 11.3 Å². The van der Waals surface area contributed by atoms with Crippen molar-refractivity contribution >= 4 is 11.6 Å².